The van der Waals surface area contributed by atoms with Gasteiger partial charge in [0.2, 0.25) is 5.91 Å². The number of pyridine rings is 1. The molecule has 3 aliphatic rings. The van der Waals surface area contributed by atoms with Gasteiger partial charge in [-0.3, -0.25) is 14.7 Å². The Hall–Kier alpha value is -1.46. The van der Waals surface area contributed by atoms with Crippen LogP contribution in [0.1, 0.15) is 37.7 Å². The van der Waals surface area contributed by atoms with Crippen LogP contribution in [0.5, 0.6) is 0 Å². The zero-order valence-corrected chi connectivity index (χ0v) is 15.0. The van der Waals surface area contributed by atoms with Gasteiger partial charge < -0.3 is 9.64 Å². The Bertz CT molecular complexity index is 574. The molecule has 0 radical (unpaired) electrons. The Kier molecular flexibility index (Phi) is 5.32. The third kappa shape index (κ3) is 4.04. The van der Waals surface area contributed by atoms with Crippen molar-refractivity contribution in [3.8, 4) is 0 Å². The number of ether oxygens (including phenoxy) is 1. The van der Waals surface area contributed by atoms with E-state index in [0.717, 1.165) is 58.6 Å². The van der Waals surface area contributed by atoms with Crippen LogP contribution >= 0.6 is 0 Å². The van der Waals surface area contributed by atoms with Crippen molar-refractivity contribution in [2.75, 3.05) is 32.8 Å². The molecule has 25 heavy (non-hydrogen) atoms. The molecule has 0 N–H and O–H groups in total. The van der Waals surface area contributed by atoms with E-state index in [2.05, 4.69) is 20.9 Å². The fourth-order valence-corrected chi connectivity index (χ4v) is 4.71. The second-order valence-electron chi connectivity index (χ2n) is 7.83. The van der Waals surface area contributed by atoms with E-state index in [1.54, 1.807) is 0 Å². The summed E-state index contributed by atoms with van der Waals surface area (Å²) in [6.07, 6.45) is 9.23. The molecule has 0 unspecified atom stereocenters. The van der Waals surface area contributed by atoms with Crippen molar-refractivity contribution in [1.82, 2.24) is 14.8 Å². The van der Waals surface area contributed by atoms with Crippen LogP contribution in [0.3, 0.4) is 0 Å². The minimum absolute atomic E-state index is 0.139. The molecule has 0 saturated carbocycles. The minimum Gasteiger partial charge on any atom is -0.377 e. The van der Waals surface area contributed by atoms with Gasteiger partial charge in [0.25, 0.3) is 0 Å². The van der Waals surface area contributed by atoms with Crippen LogP contribution in [0.4, 0.5) is 0 Å². The Balaban J connectivity index is 1.29. The molecule has 3 atom stereocenters. The van der Waals surface area contributed by atoms with Crippen molar-refractivity contribution in [2.45, 2.75) is 44.8 Å². The fraction of sp³-hybridized carbons (Fsp3) is 0.700. The first-order chi connectivity index (χ1) is 12.3. The average molecular weight is 343 g/mol. The molecule has 0 aliphatic carbocycles. The van der Waals surface area contributed by atoms with Crippen LogP contribution in [-0.4, -0.2) is 59.6 Å². The van der Waals surface area contributed by atoms with Gasteiger partial charge >= 0.3 is 0 Å². The summed E-state index contributed by atoms with van der Waals surface area (Å²) >= 11 is 0. The number of carbonyl (C=O) groups is 1. The number of nitrogens with zero attached hydrogens (tertiary/aromatic N) is 3. The smallest absolute Gasteiger partial charge is 0.225 e. The van der Waals surface area contributed by atoms with Gasteiger partial charge in [0.05, 0.1) is 19.1 Å². The second kappa shape index (κ2) is 7.83. The fourth-order valence-electron chi connectivity index (χ4n) is 4.71. The Labute approximate surface area is 150 Å². The maximum atomic E-state index is 12.6. The number of likely N-dealkylation sites (tertiary alicyclic amines) is 2. The van der Waals surface area contributed by atoms with Crippen LogP contribution in [-0.2, 0) is 16.1 Å². The second-order valence-corrected chi connectivity index (χ2v) is 7.83. The van der Waals surface area contributed by atoms with Gasteiger partial charge in [-0.2, -0.15) is 0 Å². The first-order valence-electron chi connectivity index (χ1n) is 9.80. The summed E-state index contributed by atoms with van der Waals surface area (Å²) in [4.78, 5) is 21.3. The van der Waals surface area contributed by atoms with Crippen LogP contribution < -0.4 is 0 Å². The lowest BCUT2D eigenvalue weighted by molar-refractivity contribution is -0.134. The summed E-state index contributed by atoms with van der Waals surface area (Å²) in [5.41, 5.74) is 1.27. The highest BCUT2D eigenvalue weighted by Gasteiger charge is 2.41. The lowest BCUT2D eigenvalue weighted by atomic mass is 9.83. The van der Waals surface area contributed by atoms with Crippen LogP contribution in [0, 0.1) is 11.8 Å². The SMILES string of the molecule is O=C(C[C@@H]1OC[C@H]2CN(Cc3cccnc3)CC[C@H]21)N1CCCCC1. The number of hydrogen-bond donors (Lipinski definition) is 0. The largest absolute Gasteiger partial charge is 0.377 e. The van der Waals surface area contributed by atoms with Gasteiger partial charge in [0, 0.05) is 44.5 Å². The Morgan fingerprint density at radius 3 is 2.92 bits per heavy atom. The minimum atomic E-state index is 0.139. The molecule has 4 rings (SSSR count). The van der Waals surface area contributed by atoms with Crippen molar-refractivity contribution in [2.24, 2.45) is 11.8 Å². The zero-order valence-electron chi connectivity index (χ0n) is 15.0. The highest BCUT2D eigenvalue weighted by Crippen LogP contribution is 2.36. The first kappa shape index (κ1) is 17.0. The Morgan fingerprint density at radius 2 is 2.12 bits per heavy atom. The van der Waals surface area contributed by atoms with Gasteiger partial charge in [0.1, 0.15) is 0 Å². The summed E-state index contributed by atoms with van der Waals surface area (Å²) in [5, 5.41) is 0. The van der Waals surface area contributed by atoms with Crippen molar-refractivity contribution >= 4 is 5.91 Å². The number of rotatable bonds is 4. The van der Waals surface area contributed by atoms with Gasteiger partial charge in [-0.1, -0.05) is 6.07 Å². The third-order valence-electron chi connectivity index (χ3n) is 6.09. The van der Waals surface area contributed by atoms with E-state index in [1.807, 2.05) is 18.5 Å². The molecule has 3 aliphatic heterocycles. The number of aromatic nitrogens is 1. The zero-order chi connectivity index (χ0) is 17.1. The van der Waals surface area contributed by atoms with Crippen molar-refractivity contribution in [3.63, 3.8) is 0 Å². The van der Waals surface area contributed by atoms with E-state index in [-0.39, 0.29) is 6.10 Å². The van der Waals surface area contributed by atoms with E-state index in [4.69, 9.17) is 4.74 Å². The molecule has 0 bridgehead atoms. The van der Waals surface area contributed by atoms with Crippen molar-refractivity contribution in [1.29, 1.82) is 0 Å². The van der Waals surface area contributed by atoms with Gasteiger partial charge in [0.15, 0.2) is 0 Å². The molecule has 1 aromatic rings. The van der Waals surface area contributed by atoms with Crippen LogP contribution in [0.15, 0.2) is 24.5 Å². The number of hydrogen-bond acceptors (Lipinski definition) is 4. The summed E-state index contributed by atoms with van der Waals surface area (Å²) in [6.45, 7) is 5.83. The molecule has 5 heteroatoms. The predicted molar refractivity (Wildman–Crippen MR) is 95.9 cm³/mol. The highest BCUT2D eigenvalue weighted by atomic mass is 16.5. The van der Waals surface area contributed by atoms with Gasteiger partial charge in [-0.05, 0) is 49.8 Å². The lowest BCUT2D eigenvalue weighted by Crippen LogP contribution is -2.43. The molecule has 0 spiro atoms. The third-order valence-corrected chi connectivity index (χ3v) is 6.09. The van der Waals surface area contributed by atoms with E-state index < -0.39 is 0 Å². The summed E-state index contributed by atoms with van der Waals surface area (Å²) in [7, 11) is 0. The summed E-state index contributed by atoms with van der Waals surface area (Å²) in [5.74, 6) is 1.44. The standard InChI is InChI=1S/C20H29N3O2/c24-20(23-8-2-1-3-9-23)11-19-18-6-10-22(14-17(18)15-25-19)13-16-5-4-7-21-12-16/h4-5,7,12,17-19H,1-3,6,8-11,13-15H2/t17-,18-,19+/m1/s1. The maximum absolute atomic E-state index is 12.6. The van der Waals surface area contributed by atoms with Gasteiger partial charge in [-0.25, -0.2) is 0 Å². The molecule has 5 nitrogen and oxygen atoms in total. The topological polar surface area (TPSA) is 45.7 Å². The molecular formula is C20H29N3O2. The van der Waals surface area contributed by atoms with E-state index in [9.17, 15) is 4.79 Å². The molecule has 4 heterocycles. The lowest BCUT2D eigenvalue weighted by Gasteiger charge is -2.36. The van der Waals surface area contributed by atoms with Crippen molar-refractivity contribution in [3.05, 3.63) is 30.1 Å². The molecule has 3 saturated heterocycles. The number of amides is 1. The summed E-state index contributed by atoms with van der Waals surface area (Å²) in [6, 6.07) is 4.15. The number of piperidine rings is 2. The maximum Gasteiger partial charge on any atom is 0.225 e. The average Bonchev–Trinajstić information content (AvgIpc) is 3.05. The monoisotopic (exact) mass is 343 g/mol. The van der Waals surface area contributed by atoms with E-state index in [0.29, 0.717) is 24.2 Å². The quantitative estimate of drug-likeness (QED) is 0.842. The summed E-state index contributed by atoms with van der Waals surface area (Å²) < 4.78 is 6.07. The number of fused-ring (bicyclic) bond motifs is 1. The van der Waals surface area contributed by atoms with Gasteiger partial charge in [-0.15, -0.1) is 0 Å². The van der Waals surface area contributed by atoms with E-state index >= 15 is 0 Å². The molecule has 1 aromatic heterocycles. The molecule has 1 amide bonds. The number of carbonyl (C=O) groups excluding carboxylic acids is 1. The van der Waals surface area contributed by atoms with Crippen molar-refractivity contribution < 1.29 is 9.53 Å². The Morgan fingerprint density at radius 1 is 1.24 bits per heavy atom. The van der Waals surface area contributed by atoms with E-state index in [1.165, 1.54) is 12.0 Å². The highest BCUT2D eigenvalue weighted by molar-refractivity contribution is 5.76. The molecule has 3 fully saturated rings. The first-order valence-corrected chi connectivity index (χ1v) is 9.80. The predicted octanol–water partition coefficient (Wildman–Crippen LogP) is 2.32. The van der Waals surface area contributed by atoms with Crippen LogP contribution in [0.25, 0.3) is 0 Å². The normalized spacial score (nSPS) is 30.2. The molecule has 0 aromatic carbocycles. The van der Waals surface area contributed by atoms with Crippen LogP contribution in [0.2, 0.25) is 0 Å². The molecule has 136 valence electrons. The molecular weight excluding hydrogens is 314 g/mol.